The third kappa shape index (κ3) is 6.77. The first kappa shape index (κ1) is 19.3. The van der Waals surface area contributed by atoms with Crippen LogP contribution in [0.3, 0.4) is 0 Å². The summed E-state index contributed by atoms with van der Waals surface area (Å²) >= 11 is 0. The number of hydrogen-bond acceptors (Lipinski definition) is 5. The monoisotopic (exact) mass is 352 g/mol. The molecule has 5 nitrogen and oxygen atoms in total. The molecule has 2 fully saturated rings. The van der Waals surface area contributed by atoms with Gasteiger partial charge in [0.2, 0.25) is 0 Å². The van der Waals surface area contributed by atoms with Gasteiger partial charge in [0, 0.05) is 58.5 Å². The third-order valence-corrected chi connectivity index (χ3v) is 7.10. The van der Waals surface area contributed by atoms with Crippen LogP contribution in [0.4, 0.5) is 0 Å². The van der Waals surface area contributed by atoms with E-state index in [1.165, 1.54) is 52.4 Å². The Labute approximate surface area is 147 Å². The van der Waals surface area contributed by atoms with Crippen LogP contribution in [0.2, 0.25) is 0 Å². The smallest absolute Gasteiger partial charge is 0.260 e. The van der Waals surface area contributed by atoms with Crippen molar-refractivity contribution < 1.29 is 4.43 Å². The molecule has 0 N–H and O–H groups in total. The van der Waals surface area contributed by atoms with Crippen LogP contribution in [0, 0.1) is 0 Å². The van der Waals surface area contributed by atoms with Crippen LogP contribution >= 0.6 is 0 Å². The summed E-state index contributed by atoms with van der Waals surface area (Å²) in [6, 6.07) is 0. The number of piperazine rings is 2. The fourth-order valence-electron chi connectivity index (χ4n) is 2.92. The molecule has 2 aliphatic heterocycles. The van der Waals surface area contributed by atoms with E-state index in [1.807, 2.05) is 0 Å². The minimum atomic E-state index is 0.326. The van der Waals surface area contributed by atoms with E-state index in [0.29, 0.717) is 21.7 Å². The Balaban J connectivity index is 1.88. The molecule has 0 aliphatic carbocycles. The molecule has 2 saturated heterocycles. The van der Waals surface area contributed by atoms with Crippen molar-refractivity contribution in [3.05, 3.63) is 11.4 Å². The van der Waals surface area contributed by atoms with Gasteiger partial charge in [0.15, 0.2) is 0 Å². The minimum Gasteiger partial charge on any atom is -0.410 e. The van der Waals surface area contributed by atoms with Gasteiger partial charge in [-0.1, -0.05) is 5.70 Å². The summed E-state index contributed by atoms with van der Waals surface area (Å²) in [7, 11) is 5.79. The van der Waals surface area contributed by atoms with Crippen molar-refractivity contribution in [3.8, 4) is 0 Å². The standard InChI is InChI=1S/C16H32N4OSi2/c1-15(2)21-23-14-13-22-16(19-9-5-17(3)6-10-19)20-11-7-18(4)8-12-20/h13-16H,5-12H2,1-4H3. The van der Waals surface area contributed by atoms with Gasteiger partial charge in [-0.25, -0.2) is 0 Å². The van der Waals surface area contributed by atoms with Crippen molar-refractivity contribution in [1.29, 1.82) is 0 Å². The van der Waals surface area contributed by atoms with Gasteiger partial charge in [0.05, 0.1) is 5.79 Å². The van der Waals surface area contributed by atoms with Crippen molar-refractivity contribution in [1.82, 2.24) is 19.6 Å². The summed E-state index contributed by atoms with van der Waals surface area (Å²) in [5.41, 5.74) is 4.60. The zero-order valence-corrected chi connectivity index (χ0v) is 17.2. The molecule has 0 spiro atoms. The van der Waals surface area contributed by atoms with Crippen LogP contribution in [0.25, 0.3) is 0 Å². The minimum absolute atomic E-state index is 0.326. The lowest BCUT2D eigenvalue weighted by Crippen LogP contribution is -2.61. The van der Waals surface area contributed by atoms with E-state index in [4.69, 9.17) is 4.43 Å². The lowest BCUT2D eigenvalue weighted by Gasteiger charge is -2.45. The molecular formula is C16H32N4OSi2. The van der Waals surface area contributed by atoms with Crippen molar-refractivity contribution in [2.24, 2.45) is 0 Å². The van der Waals surface area contributed by atoms with Gasteiger partial charge in [-0.2, -0.15) is 0 Å². The Bertz CT molecular complexity index is 332. The van der Waals surface area contributed by atoms with E-state index in [2.05, 4.69) is 58.9 Å². The van der Waals surface area contributed by atoms with Gasteiger partial charge in [0.1, 0.15) is 9.52 Å². The highest BCUT2D eigenvalue weighted by Crippen LogP contribution is 2.12. The summed E-state index contributed by atoms with van der Waals surface area (Å²) in [6.07, 6.45) is 0.326. The fraction of sp³-hybridized carbons (Fsp3) is 0.875. The molecule has 0 aromatic heterocycles. The first-order valence-electron chi connectivity index (χ1n) is 8.73. The Kier molecular flexibility index (Phi) is 8.45. The molecule has 4 radical (unpaired) electrons. The molecule has 0 bridgehead atoms. The Morgan fingerprint density at radius 1 is 0.783 bits per heavy atom. The number of likely N-dealkylation sites (N-methyl/N-ethyl adjacent to an activating group) is 2. The van der Waals surface area contributed by atoms with Crippen molar-refractivity contribution in [2.75, 3.05) is 66.5 Å². The van der Waals surface area contributed by atoms with Crippen LogP contribution in [-0.2, 0) is 4.43 Å². The van der Waals surface area contributed by atoms with E-state index in [0.717, 1.165) is 9.52 Å². The van der Waals surface area contributed by atoms with E-state index in [-0.39, 0.29) is 0 Å². The van der Waals surface area contributed by atoms with Crippen LogP contribution < -0.4 is 0 Å². The second-order valence-corrected chi connectivity index (χ2v) is 8.82. The molecule has 0 saturated carbocycles. The number of hydrogen-bond donors (Lipinski definition) is 0. The fourth-order valence-corrected chi connectivity index (χ4v) is 5.04. The molecule has 2 aliphatic rings. The zero-order valence-electron chi connectivity index (χ0n) is 15.2. The maximum absolute atomic E-state index is 5.65. The Morgan fingerprint density at radius 2 is 1.26 bits per heavy atom. The number of rotatable bonds is 7. The van der Waals surface area contributed by atoms with E-state index >= 15 is 0 Å². The molecule has 0 unspecified atom stereocenters. The van der Waals surface area contributed by atoms with E-state index in [1.54, 1.807) is 0 Å². The molecule has 0 aromatic carbocycles. The molecule has 2 rings (SSSR count). The Morgan fingerprint density at radius 3 is 1.70 bits per heavy atom. The van der Waals surface area contributed by atoms with Gasteiger partial charge < -0.3 is 14.2 Å². The van der Waals surface area contributed by atoms with Crippen LogP contribution in [-0.4, -0.2) is 117 Å². The topological polar surface area (TPSA) is 22.2 Å². The largest absolute Gasteiger partial charge is 0.410 e. The summed E-state index contributed by atoms with van der Waals surface area (Å²) < 4.78 is 5.65. The molecule has 7 heteroatoms. The average molecular weight is 353 g/mol. The highest BCUT2D eigenvalue weighted by molar-refractivity contribution is 6.47. The summed E-state index contributed by atoms with van der Waals surface area (Å²) in [5, 5.41) is 0. The second kappa shape index (κ2) is 10.1. The van der Waals surface area contributed by atoms with Crippen molar-refractivity contribution >= 4 is 19.3 Å². The van der Waals surface area contributed by atoms with E-state index < -0.39 is 0 Å². The lowest BCUT2D eigenvalue weighted by atomic mass is 10.3. The molecule has 130 valence electrons. The summed E-state index contributed by atoms with van der Waals surface area (Å²) in [5.74, 6) is 0.581. The van der Waals surface area contributed by atoms with Crippen molar-refractivity contribution in [2.45, 2.75) is 25.7 Å². The predicted molar refractivity (Wildman–Crippen MR) is 98.8 cm³/mol. The highest BCUT2D eigenvalue weighted by Gasteiger charge is 2.28. The van der Waals surface area contributed by atoms with E-state index in [9.17, 15) is 0 Å². The molecule has 0 amide bonds. The summed E-state index contributed by atoms with van der Waals surface area (Å²) in [6.45, 7) is 13.7. The Hall–Kier alpha value is -0.0262. The van der Waals surface area contributed by atoms with Gasteiger partial charge >= 0.3 is 0 Å². The maximum atomic E-state index is 5.65. The molecular weight excluding hydrogens is 320 g/mol. The van der Waals surface area contributed by atoms with Crippen molar-refractivity contribution in [3.63, 3.8) is 0 Å². The highest BCUT2D eigenvalue weighted by atomic mass is 28.2. The van der Waals surface area contributed by atoms with Gasteiger partial charge in [-0.3, -0.25) is 9.80 Å². The molecule has 2 heterocycles. The molecule has 0 aromatic rings. The third-order valence-electron chi connectivity index (χ3n) is 4.47. The SMILES string of the molecule is CC(C)O[Si]C=C[Si]C(N1CCN(C)CC1)N1CCN(C)CC1. The number of nitrogens with zero attached hydrogens (tertiary/aromatic N) is 4. The summed E-state index contributed by atoms with van der Waals surface area (Å²) in [4.78, 5) is 10.3. The molecule has 23 heavy (non-hydrogen) atoms. The second-order valence-electron chi connectivity index (χ2n) is 6.84. The first-order chi connectivity index (χ1) is 11.1. The van der Waals surface area contributed by atoms with Gasteiger partial charge in [-0.15, -0.1) is 5.70 Å². The quantitative estimate of drug-likeness (QED) is 0.599. The van der Waals surface area contributed by atoms with Crippen LogP contribution in [0.1, 0.15) is 13.8 Å². The normalized spacial score (nSPS) is 23.6. The maximum Gasteiger partial charge on any atom is 0.260 e. The zero-order chi connectivity index (χ0) is 16.7. The van der Waals surface area contributed by atoms with Gasteiger partial charge in [-0.05, 0) is 27.9 Å². The van der Waals surface area contributed by atoms with Crippen LogP contribution in [0.15, 0.2) is 11.4 Å². The average Bonchev–Trinajstić information content (AvgIpc) is 2.53. The van der Waals surface area contributed by atoms with Crippen LogP contribution in [0.5, 0.6) is 0 Å². The first-order valence-corrected chi connectivity index (χ1v) is 10.9. The van der Waals surface area contributed by atoms with Gasteiger partial charge in [0.25, 0.3) is 9.76 Å². The molecule has 0 atom stereocenters. The predicted octanol–water partition coefficient (Wildman–Crippen LogP) is -0.0156. The lowest BCUT2D eigenvalue weighted by molar-refractivity contribution is 0.0318.